The van der Waals surface area contributed by atoms with E-state index in [4.69, 9.17) is 28.3 Å². The Bertz CT molecular complexity index is 241. The fourth-order valence-corrected chi connectivity index (χ4v) is 1.62. The smallest absolute Gasteiger partial charge is 0.155 e. The van der Waals surface area contributed by atoms with Gasteiger partial charge in [-0.15, -0.1) is 23.2 Å². The van der Waals surface area contributed by atoms with Crippen LogP contribution in [0.5, 0.6) is 0 Å². The molecule has 0 bridgehead atoms. The van der Waals surface area contributed by atoms with Gasteiger partial charge in [-0.25, -0.2) is 0 Å². The van der Waals surface area contributed by atoms with Gasteiger partial charge in [0.25, 0.3) is 0 Å². The van der Waals surface area contributed by atoms with E-state index >= 15 is 0 Å². The molecule has 0 aliphatic heterocycles. The molecule has 5 heteroatoms. The molecular formula is C13H18Cl2O2Rh. The number of aliphatic hydroxyl groups is 1. The molecule has 18 heavy (non-hydrogen) atoms. The zero-order chi connectivity index (χ0) is 13.3. The van der Waals surface area contributed by atoms with Gasteiger partial charge in [0.15, 0.2) is 5.78 Å². The third-order valence-electron chi connectivity index (χ3n) is 1.91. The van der Waals surface area contributed by atoms with Crippen molar-refractivity contribution in [1.29, 1.82) is 0 Å². The van der Waals surface area contributed by atoms with E-state index < -0.39 is 0 Å². The first-order valence-electron chi connectivity index (χ1n) is 5.48. The first kappa shape index (κ1) is 20.7. The van der Waals surface area contributed by atoms with Crippen LogP contribution in [0.4, 0.5) is 0 Å². The minimum Gasteiger partial charge on any atom is -0.512 e. The molecule has 1 rings (SSSR count). The van der Waals surface area contributed by atoms with Gasteiger partial charge in [-0.05, 0) is 52.4 Å². The van der Waals surface area contributed by atoms with E-state index in [1.54, 1.807) is 0 Å². The average Bonchev–Trinajstić information content (AvgIpc) is 2.18. The molecule has 0 heterocycles. The van der Waals surface area contributed by atoms with E-state index in [1.165, 1.54) is 19.9 Å². The average molecular weight is 380 g/mol. The van der Waals surface area contributed by atoms with Crippen molar-refractivity contribution in [2.24, 2.45) is 0 Å². The molecule has 1 aliphatic carbocycles. The molecule has 2 nitrogen and oxygen atoms in total. The van der Waals surface area contributed by atoms with Crippen molar-refractivity contribution in [2.45, 2.75) is 39.5 Å². The second kappa shape index (κ2) is 12.4. The van der Waals surface area contributed by atoms with Crippen LogP contribution < -0.4 is 0 Å². The monoisotopic (exact) mass is 379 g/mol. The van der Waals surface area contributed by atoms with Gasteiger partial charge in [-0.2, -0.15) is 0 Å². The van der Waals surface area contributed by atoms with Crippen molar-refractivity contribution >= 4 is 29.0 Å². The van der Waals surface area contributed by atoms with Crippen molar-refractivity contribution in [3.05, 3.63) is 35.4 Å². The number of aliphatic hydroxyl groups excluding tert-OH is 1. The largest absolute Gasteiger partial charge is 0.512 e. The van der Waals surface area contributed by atoms with Crippen molar-refractivity contribution < 1.29 is 29.4 Å². The predicted octanol–water partition coefficient (Wildman–Crippen LogP) is 4.55. The molecule has 0 aromatic heterocycles. The maximum atomic E-state index is 10.0. The van der Waals surface area contributed by atoms with Gasteiger partial charge >= 0.3 is 0 Å². The molecule has 0 spiro atoms. The molecule has 1 fully saturated rings. The van der Waals surface area contributed by atoms with Gasteiger partial charge in [-0.1, -0.05) is 0 Å². The number of halogens is 2. The number of carbonyl (C=O) groups excluding carboxylic acids is 1. The number of hydrogen-bond donors (Lipinski definition) is 1. The fourth-order valence-electron chi connectivity index (χ4n) is 1.22. The summed E-state index contributed by atoms with van der Waals surface area (Å²) in [6, 6.07) is 0. The zero-order valence-corrected chi connectivity index (χ0v) is 13.7. The van der Waals surface area contributed by atoms with Crippen LogP contribution in [0.25, 0.3) is 0 Å². The third kappa shape index (κ3) is 14.5. The number of ketones is 1. The fraction of sp³-hybridized carbons (Fsp3) is 0.462. The van der Waals surface area contributed by atoms with Crippen LogP contribution in [0.2, 0.25) is 0 Å². The van der Waals surface area contributed by atoms with Crippen LogP contribution in [0, 0.1) is 23.6 Å². The quantitative estimate of drug-likeness (QED) is 0.412. The molecule has 1 saturated carbocycles. The Labute approximate surface area is 133 Å². The van der Waals surface area contributed by atoms with E-state index in [1.807, 2.05) is 0 Å². The van der Waals surface area contributed by atoms with Crippen LogP contribution in [0.3, 0.4) is 0 Å². The Hall–Kier alpha value is 0.413. The number of hydrogen-bond acceptors (Lipinski definition) is 2. The predicted molar refractivity (Wildman–Crippen MR) is 72.3 cm³/mol. The summed E-state index contributed by atoms with van der Waals surface area (Å²) in [6.45, 7) is 2.85. The van der Waals surface area contributed by atoms with Crippen molar-refractivity contribution in [3.63, 3.8) is 0 Å². The van der Waals surface area contributed by atoms with Crippen LogP contribution in [0.1, 0.15) is 39.5 Å². The molecule has 1 N–H and O–H groups in total. The number of carbonyl (C=O) groups is 1. The molecule has 105 valence electrons. The standard InChI is InChI=1S/C8H10Cl2.C5H8O2.Rh/c9-7-3-1-2-4-8(10)6-5-7;1-4(6)3-5(2)7;/h3-4H,1-2,5-6H2;3,6H,1-2H3;/b;4-3-;. The summed E-state index contributed by atoms with van der Waals surface area (Å²) in [5.41, 5.74) is 0. The Morgan fingerprint density at radius 3 is 1.78 bits per heavy atom. The normalized spacial score (nSPS) is 18.8. The summed E-state index contributed by atoms with van der Waals surface area (Å²) >= 11 is 11.7. The molecule has 0 atom stereocenters. The molecule has 0 saturated heterocycles. The Morgan fingerprint density at radius 2 is 1.56 bits per heavy atom. The van der Waals surface area contributed by atoms with Gasteiger partial charge in [0.2, 0.25) is 0 Å². The second-order valence-corrected chi connectivity index (χ2v) is 4.75. The minimum absolute atomic E-state index is 0. The Morgan fingerprint density at radius 1 is 1.17 bits per heavy atom. The van der Waals surface area contributed by atoms with Gasteiger partial charge in [0.05, 0.1) is 16.5 Å². The SMILES string of the molecule is CC(=O)/C=C(/C)O.Cl[C]1[CH]CC[CH][C](Cl)CC1.[Rh]. The molecule has 1 aliphatic rings. The van der Waals surface area contributed by atoms with Gasteiger partial charge in [-0.3, -0.25) is 4.79 Å². The van der Waals surface area contributed by atoms with Crippen LogP contribution in [-0.2, 0) is 24.3 Å². The Balaban J connectivity index is 0. The summed E-state index contributed by atoms with van der Waals surface area (Å²) in [6.07, 6.45) is 9.15. The maximum Gasteiger partial charge on any atom is 0.155 e. The van der Waals surface area contributed by atoms with Crippen molar-refractivity contribution in [2.75, 3.05) is 0 Å². The van der Waals surface area contributed by atoms with Crippen molar-refractivity contribution in [1.82, 2.24) is 0 Å². The molecule has 5 radical (unpaired) electrons. The molecule has 0 unspecified atom stereocenters. The third-order valence-corrected chi connectivity index (χ3v) is 2.60. The van der Waals surface area contributed by atoms with E-state index in [0.29, 0.717) is 0 Å². The van der Waals surface area contributed by atoms with E-state index in [-0.39, 0.29) is 31.0 Å². The van der Waals surface area contributed by atoms with Gasteiger partial charge < -0.3 is 5.11 Å². The number of allylic oxidation sites excluding steroid dienone is 2. The molecule has 0 aromatic rings. The van der Waals surface area contributed by atoms with Crippen LogP contribution in [0.15, 0.2) is 11.8 Å². The van der Waals surface area contributed by atoms with E-state index in [2.05, 4.69) is 12.8 Å². The summed E-state index contributed by atoms with van der Waals surface area (Å²) < 4.78 is 0. The van der Waals surface area contributed by atoms with Crippen LogP contribution >= 0.6 is 23.2 Å². The Kier molecular flexibility index (Phi) is 14.3. The first-order valence-corrected chi connectivity index (χ1v) is 6.24. The molecular weight excluding hydrogens is 362 g/mol. The van der Waals surface area contributed by atoms with E-state index in [0.717, 1.165) is 36.4 Å². The van der Waals surface area contributed by atoms with Gasteiger partial charge in [0.1, 0.15) is 0 Å². The zero-order valence-electron chi connectivity index (χ0n) is 10.5. The first-order chi connectivity index (χ1) is 7.91. The molecule has 0 aromatic carbocycles. The summed E-state index contributed by atoms with van der Waals surface area (Å²) in [7, 11) is 0. The maximum absolute atomic E-state index is 10.0. The molecule has 0 amide bonds. The van der Waals surface area contributed by atoms with Crippen molar-refractivity contribution in [3.8, 4) is 0 Å². The van der Waals surface area contributed by atoms with E-state index in [9.17, 15) is 4.79 Å². The minimum atomic E-state index is -0.125. The summed E-state index contributed by atoms with van der Waals surface area (Å²) in [4.78, 5) is 10.0. The second-order valence-electron chi connectivity index (χ2n) is 3.78. The summed E-state index contributed by atoms with van der Waals surface area (Å²) in [5, 5.41) is 10.3. The van der Waals surface area contributed by atoms with Crippen LogP contribution in [-0.4, -0.2) is 10.9 Å². The van der Waals surface area contributed by atoms with Gasteiger partial charge in [0, 0.05) is 25.6 Å². The summed E-state index contributed by atoms with van der Waals surface area (Å²) in [5.74, 6) is -0.0625. The topological polar surface area (TPSA) is 37.3 Å². The number of rotatable bonds is 1.